The Balaban J connectivity index is 1.51. The van der Waals surface area contributed by atoms with E-state index in [1.54, 1.807) is 4.90 Å². The van der Waals surface area contributed by atoms with Crippen LogP contribution < -0.4 is 10.2 Å². The molecule has 0 bridgehead atoms. The van der Waals surface area contributed by atoms with E-state index in [-0.39, 0.29) is 11.8 Å². The van der Waals surface area contributed by atoms with Crippen LogP contribution in [0.4, 0.5) is 22.0 Å². The van der Waals surface area contributed by atoms with E-state index in [0.717, 1.165) is 36.5 Å². The average Bonchev–Trinajstić information content (AvgIpc) is 2.81. The first-order chi connectivity index (χ1) is 15.8. The summed E-state index contributed by atoms with van der Waals surface area (Å²) in [6.45, 7) is 10.1. The van der Waals surface area contributed by atoms with Gasteiger partial charge in [-0.05, 0) is 49.1 Å². The third-order valence-electron chi connectivity index (χ3n) is 5.79. The van der Waals surface area contributed by atoms with Crippen LogP contribution in [0.25, 0.3) is 0 Å². The maximum atomic E-state index is 12.6. The molecule has 0 aliphatic carbocycles. The molecule has 1 aromatic heterocycles. The highest BCUT2D eigenvalue weighted by atomic mass is 16.6. The van der Waals surface area contributed by atoms with Gasteiger partial charge in [-0.1, -0.05) is 18.2 Å². The number of fused-ring (bicyclic) bond motifs is 1. The summed E-state index contributed by atoms with van der Waals surface area (Å²) >= 11 is 0. The molecule has 1 amide bonds. The molecule has 2 aromatic rings. The molecule has 2 aliphatic heterocycles. The summed E-state index contributed by atoms with van der Waals surface area (Å²) in [5.74, 6) is 0.791. The number of pyridine rings is 1. The molecule has 2 aliphatic rings. The van der Waals surface area contributed by atoms with Gasteiger partial charge in [0.1, 0.15) is 17.1 Å². The summed E-state index contributed by atoms with van der Waals surface area (Å²) < 4.78 is 11.0. The largest absolute Gasteiger partial charge is 0.444 e. The molecule has 0 atom stereocenters. The van der Waals surface area contributed by atoms with Crippen LogP contribution in [0.5, 0.6) is 0 Å². The number of anilines is 2. The third kappa shape index (κ3) is 5.60. The van der Waals surface area contributed by atoms with Crippen molar-refractivity contribution in [2.75, 3.05) is 43.1 Å². The van der Waals surface area contributed by atoms with Crippen molar-refractivity contribution >= 4 is 23.3 Å². The van der Waals surface area contributed by atoms with Gasteiger partial charge in [0.15, 0.2) is 0 Å². The second-order valence-electron chi connectivity index (χ2n) is 9.31. The minimum absolute atomic E-state index is 0.271. The molecular weight excluding hydrogens is 422 g/mol. The highest BCUT2D eigenvalue weighted by Gasteiger charge is 2.27. The number of benzene rings is 1. The second kappa shape index (κ2) is 9.74. The van der Waals surface area contributed by atoms with E-state index in [1.807, 2.05) is 39.0 Å². The van der Waals surface area contributed by atoms with Gasteiger partial charge in [-0.3, -0.25) is 0 Å². The first-order valence-corrected chi connectivity index (χ1v) is 11.3. The minimum atomic E-state index is -0.532. The van der Waals surface area contributed by atoms with Gasteiger partial charge in [0.05, 0.1) is 25.1 Å². The van der Waals surface area contributed by atoms with Gasteiger partial charge in [0.25, 0.3) is 0 Å². The zero-order valence-electron chi connectivity index (χ0n) is 19.5. The number of hydrogen-bond acceptors (Lipinski definition) is 8. The van der Waals surface area contributed by atoms with E-state index in [4.69, 9.17) is 9.47 Å². The summed E-state index contributed by atoms with van der Waals surface area (Å²) in [7, 11) is 0. The molecule has 1 saturated heterocycles. The zero-order chi connectivity index (χ0) is 23.4. The van der Waals surface area contributed by atoms with E-state index in [9.17, 15) is 9.70 Å². The molecule has 1 fully saturated rings. The predicted octanol–water partition coefficient (Wildman–Crippen LogP) is 4.22. The SMILES string of the molecule is CC(C)(C)OC(=O)N1CCc2cccc(CNc3cc(N4CCOCC4)ncc3N=O)c2C1. The van der Waals surface area contributed by atoms with Crippen LogP contribution in [0, 0.1) is 4.91 Å². The van der Waals surface area contributed by atoms with E-state index < -0.39 is 5.60 Å². The molecular formula is C24H31N5O4. The predicted molar refractivity (Wildman–Crippen MR) is 127 cm³/mol. The van der Waals surface area contributed by atoms with E-state index in [1.165, 1.54) is 11.8 Å². The first kappa shape index (κ1) is 23.0. The number of rotatable bonds is 5. The summed E-state index contributed by atoms with van der Waals surface area (Å²) in [6, 6.07) is 8.04. The Morgan fingerprint density at radius 3 is 2.76 bits per heavy atom. The van der Waals surface area contributed by atoms with Gasteiger partial charge in [-0.2, -0.15) is 0 Å². The Hall–Kier alpha value is -3.20. The molecule has 0 saturated carbocycles. The molecule has 0 spiro atoms. The molecule has 9 heteroatoms. The number of nitrogens with one attached hydrogen (secondary N) is 1. The van der Waals surface area contributed by atoms with E-state index in [0.29, 0.717) is 38.5 Å². The molecule has 33 heavy (non-hydrogen) atoms. The van der Waals surface area contributed by atoms with Gasteiger partial charge in [0, 0.05) is 38.8 Å². The summed E-state index contributed by atoms with van der Waals surface area (Å²) in [5, 5.41) is 6.50. The minimum Gasteiger partial charge on any atom is -0.444 e. The summed E-state index contributed by atoms with van der Waals surface area (Å²) in [4.78, 5) is 32.3. The van der Waals surface area contributed by atoms with Crippen LogP contribution in [0.1, 0.15) is 37.5 Å². The van der Waals surface area contributed by atoms with Crippen molar-refractivity contribution in [3.05, 3.63) is 52.1 Å². The smallest absolute Gasteiger partial charge is 0.410 e. The van der Waals surface area contributed by atoms with Crippen LogP contribution in [0.15, 0.2) is 35.6 Å². The molecule has 176 valence electrons. The number of ether oxygens (including phenoxy) is 2. The van der Waals surface area contributed by atoms with Crippen molar-refractivity contribution < 1.29 is 14.3 Å². The van der Waals surface area contributed by atoms with Crippen molar-refractivity contribution in [1.29, 1.82) is 0 Å². The Kier molecular flexibility index (Phi) is 6.78. The van der Waals surface area contributed by atoms with Crippen molar-refractivity contribution in [3.8, 4) is 0 Å². The monoisotopic (exact) mass is 453 g/mol. The molecule has 9 nitrogen and oxygen atoms in total. The number of hydrogen-bond donors (Lipinski definition) is 1. The quantitative estimate of drug-likeness (QED) is 0.677. The molecule has 1 N–H and O–H groups in total. The number of nitrogens with zero attached hydrogens (tertiary/aromatic N) is 4. The van der Waals surface area contributed by atoms with Crippen LogP contribution >= 0.6 is 0 Å². The Morgan fingerprint density at radius 1 is 1.24 bits per heavy atom. The van der Waals surface area contributed by atoms with Crippen molar-refractivity contribution in [2.45, 2.75) is 45.9 Å². The van der Waals surface area contributed by atoms with Crippen molar-refractivity contribution in [2.24, 2.45) is 5.18 Å². The Morgan fingerprint density at radius 2 is 2.03 bits per heavy atom. The van der Waals surface area contributed by atoms with Crippen LogP contribution in [0.2, 0.25) is 0 Å². The van der Waals surface area contributed by atoms with Gasteiger partial charge in [-0.25, -0.2) is 9.78 Å². The van der Waals surface area contributed by atoms with Crippen molar-refractivity contribution in [1.82, 2.24) is 9.88 Å². The highest BCUT2D eigenvalue weighted by Crippen LogP contribution is 2.30. The topological polar surface area (TPSA) is 96.4 Å². The fourth-order valence-electron chi connectivity index (χ4n) is 4.11. The maximum absolute atomic E-state index is 12.6. The first-order valence-electron chi connectivity index (χ1n) is 11.3. The van der Waals surface area contributed by atoms with Gasteiger partial charge < -0.3 is 24.6 Å². The van der Waals surface area contributed by atoms with E-state index in [2.05, 4.69) is 26.4 Å². The number of amides is 1. The molecule has 0 unspecified atom stereocenters. The van der Waals surface area contributed by atoms with Crippen molar-refractivity contribution in [3.63, 3.8) is 0 Å². The lowest BCUT2D eigenvalue weighted by atomic mass is 9.95. The van der Waals surface area contributed by atoms with Gasteiger partial charge in [-0.15, -0.1) is 4.91 Å². The number of morpholine rings is 1. The lowest BCUT2D eigenvalue weighted by Gasteiger charge is -2.32. The molecule has 4 rings (SSSR count). The number of carbonyl (C=O) groups excluding carboxylic acids is 1. The Bertz CT molecular complexity index is 1010. The Labute approximate surface area is 194 Å². The standard InChI is InChI=1S/C24H31N5O4/c1-24(2,3)33-23(30)29-8-7-17-5-4-6-18(19(17)16-29)14-25-20-13-22(26-15-21(20)27-31)28-9-11-32-12-10-28/h4-6,13,15H,7-12,14,16H2,1-3H3,(H,25,26). The number of carbonyl (C=O) groups is 1. The fourth-order valence-corrected chi connectivity index (χ4v) is 4.11. The van der Waals surface area contributed by atoms with Crippen LogP contribution in [0.3, 0.4) is 0 Å². The number of nitroso groups, excluding NO2 is 1. The molecule has 3 heterocycles. The van der Waals surface area contributed by atoms with Gasteiger partial charge >= 0.3 is 6.09 Å². The zero-order valence-corrected chi connectivity index (χ0v) is 19.5. The second-order valence-corrected chi connectivity index (χ2v) is 9.31. The normalized spacial score (nSPS) is 16.2. The van der Waals surface area contributed by atoms with E-state index >= 15 is 0 Å². The average molecular weight is 454 g/mol. The summed E-state index contributed by atoms with van der Waals surface area (Å²) in [6.07, 6.45) is 1.98. The van der Waals surface area contributed by atoms with Gasteiger partial charge in [0.2, 0.25) is 0 Å². The lowest BCUT2D eigenvalue weighted by molar-refractivity contribution is 0.0223. The molecule has 1 aromatic carbocycles. The van der Waals surface area contributed by atoms with Crippen LogP contribution in [-0.2, 0) is 29.0 Å². The van der Waals surface area contributed by atoms with Crippen LogP contribution in [-0.4, -0.2) is 54.4 Å². The third-order valence-corrected chi connectivity index (χ3v) is 5.79. The highest BCUT2D eigenvalue weighted by molar-refractivity contribution is 5.70. The molecule has 0 radical (unpaired) electrons. The lowest BCUT2D eigenvalue weighted by Crippen LogP contribution is -2.40. The summed E-state index contributed by atoms with van der Waals surface area (Å²) in [5.41, 5.74) is 3.79. The fraction of sp³-hybridized carbons (Fsp3) is 0.500. The maximum Gasteiger partial charge on any atom is 0.410 e. The number of aromatic nitrogens is 1.